The van der Waals surface area contributed by atoms with E-state index >= 15 is 0 Å². The summed E-state index contributed by atoms with van der Waals surface area (Å²) in [5.74, 6) is 0.516. The predicted octanol–water partition coefficient (Wildman–Crippen LogP) is 4.30. The molecule has 0 atom stereocenters. The van der Waals surface area contributed by atoms with Gasteiger partial charge in [-0.15, -0.1) is 0 Å². The lowest BCUT2D eigenvalue weighted by Crippen LogP contribution is -2.14. The van der Waals surface area contributed by atoms with Crippen LogP contribution >= 0.6 is 0 Å². The van der Waals surface area contributed by atoms with Gasteiger partial charge < -0.3 is 9.15 Å². The van der Waals surface area contributed by atoms with Crippen molar-refractivity contribution in [3.63, 3.8) is 0 Å². The maximum Gasteiger partial charge on any atom is 0.314 e. The zero-order valence-corrected chi connectivity index (χ0v) is 13.9. The molecule has 0 aliphatic heterocycles. The molecule has 0 aliphatic rings. The third-order valence-corrected chi connectivity index (χ3v) is 4.09. The van der Waals surface area contributed by atoms with Crippen LogP contribution in [0.3, 0.4) is 0 Å². The zero-order chi connectivity index (χ0) is 17.4. The van der Waals surface area contributed by atoms with Crippen LogP contribution in [0.1, 0.15) is 16.2 Å². The molecule has 5 heteroatoms. The Morgan fingerprint density at radius 2 is 1.88 bits per heavy atom. The van der Waals surface area contributed by atoms with Crippen LogP contribution in [0.15, 0.2) is 65.1 Å². The maximum absolute atomic E-state index is 12.8. The minimum absolute atomic E-state index is 0.227. The van der Waals surface area contributed by atoms with Crippen LogP contribution in [0.2, 0.25) is 0 Å². The Morgan fingerprint density at radius 3 is 2.64 bits per heavy atom. The highest BCUT2D eigenvalue weighted by Gasteiger charge is 2.19. The van der Waals surface area contributed by atoms with Crippen molar-refractivity contribution in [3.8, 4) is 17.0 Å². The van der Waals surface area contributed by atoms with Crippen molar-refractivity contribution in [1.29, 1.82) is 0 Å². The lowest BCUT2D eigenvalue weighted by Gasteiger charge is -2.00. The SMILES string of the molecule is COc1cccc2cc(C(=O)n3nc(-c4ccccc4)cc3C)oc12. The summed E-state index contributed by atoms with van der Waals surface area (Å²) < 4.78 is 12.4. The molecule has 4 aromatic rings. The molecule has 0 amide bonds. The summed E-state index contributed by atoms with van der Waals surface area (Å²) in [6.07, 6.45) is 0. The van der Waals surface area contributed by atoms with Crippen molar-refractivity contribution in [2.24, 2.45) is 0 Å². The second-order valence-electron chi connectivity index (χ2n) is 5.74. The number of benzene rings is 2. The second kappa shape index (κ2) is 5.94. The monoisotopic (exact) mass is 332 g/mol. The molecule has 0 unspecified atom stereocenters. The molecule has 25 heavy (non-hydrogen) atoms. The number of hydrogen-bond donors (Lipinski definition) is 0. The zero-order valence-electron chi connectivity index (χ0n) is 13.9. The fraction of sp³-hybridized carbons (Fsp3) is 0.100. The molecule has 0 fully saturated rings. The van der Waals surface area contributed by atoms with Gasteiger partial charge in [-0.2, -0.15) is 9.78 Å². The van der Waals surface area contributed by atoms with Gasteiger partial charge in [0.2, 0.25) is 0 Å². The summed E-state index contributed by atoms with van der Waals surface area (Å²) in [7, 11) is 1.57. The Balaban J connectivity index is 1.76. The highest BCUT2D eigenvalue weighted by atomic mass is 16.5. The number of ether oxygens (including phenoxy) is 1. The van der Waals surface area contributed by atoms with Crippen molar-refractivity contribution in [1.82, 2.24) is 9.78 Å². The molecule has 0 bridgehead atoms. The van der Waals surface area contributed by atoms with Crippen molar-refractivity contribution >= 4 is 16.9 Å². The third kappa shape index (κ3) is 2.59. The topological polar surface area (TPSA) is 57.3 Å². The van der Waals surface area contributed by atoms with Gasteiger partial charge in [0.15, 0.2) is 17.1 Å². The molecule has 4 rings (SSSR count). The summed E-state index contributed by atoms with van der Waals surface area (Å²) in [4.78, 5) is 12.8. The average Bonchev–Trinajstić information content (AvgIpc) is 3.25. The molecule has 0 saturated heterocycles. The molecule has 124 valence electrons. The van der Waals surface area contributed by atoms with E-state index in [-0.39, 0.29) is 11.7 Å². The number of carbonyl (C=O) groups excluding carboxylic acids is 1. The van der Waals surface area contributed by atoms with E-state index < -0.39 is 0 Å². The number of methoxy groups -OCH3 is 1. The van der Waals surface area contributed by atoms with Crippen LogP contribution in [0.4, 0.5) is 0 Å². The number of rotatable bonds is 3. The molecule has 5 nitrogen and oxygen atoms in total. The van der Waals surface area contributed by atoms with Crippen LogP contribution in [0, 0.1) is 6.92 Å². The van der Waals surface area contributed by atoms with Gasteiger partial charge in [0, 0.05) is 16.6 Å². The van der Waals surface area contributed by atoms with E-state index in [1.807, 2.05) is 55.5 Å². The highest BCUT2D eigenvalue weighted by Crippen LogP contribution is 2.29. The van der Waals surface area contributed by atoms with E-state index in [1.165, 1.54) is 4.68 Å². The van der Waals surface area contributed by atoms with Crippen LogP contribution in [-0.2, 0) is 0 Å². The first kappa shape index (κ1) is 15.2. The predicted molar refractivity (Wildman–Crippen MR) is 94.9 cm³/mol. The minimum atomic E-state index is -0.307. The van der Waals surface area contributed by atoms with Gasteiger partial charge in [-0.3, -0.25) is 4.79 Å². The summed E-state index contributed by atoms with van der Waals surface area (Å²) in [6.45, 7) is 1.85. The van der Waals surface area contributed by atoms with Gasteiger partial charge >= 0.3 is 5.91 Å². The number of carbonyl (C=O) groups is 1. The molecule has 0 N–H and O–H groups in total. The number of fused-ring (bicyclic) bond motifs is 1. The van der Waals surface area contributed by atoms with Crippen molar-refractivity contribution < 1.29 is 13.9 Å². The van der Waals surface area contributed by atoms with Crippen molar-refractivity contribution in [2.45, 2.75) is 6.92 Å². The van der Waals surface area contributed by atoms with Crippen LogP contribution in [-0.4, -0.2) is 22.8 Å². The highest BCUT2D eigenvalue weighted by molar-refractivity contribution is 5.98. The quantitative estimate of drug-likeness (QED) is 0.561. The van der Waals surface area contributed by atoms with Gasteiger partial charge in [-0.25, -0.2) is 0 Å². The molecule has 2 aromatic carbocycles. The minimum Gasteiger partial charge on any atom is -0.493 e. The first-order chi connectivity index (χ1) is 12.2. The Bertz CT molecular complexity index is 1060. The lowest BCUT2D eigenvalue weighted by molar-refractivity contribution is 0.0917. The number of para-hydroxylation sites is 1. The maximum atomic E-state index is 12.8. The van der Waals surface area contributed by atoms with Gasteiger partial charge in [-0.1, -0.05) is 42.5 Å². The van der Waals surface area contributed by atoms with E-state index in [2.05, 4.69) is 5.10 Å². The molecule has 0 spiro atoms. The first-order valence-electron chi connectivity index (χ1n) is 7.90. The largest absolute Gasteiger partial charge is 0.493 e. The van der Waals surface area contributed by atoms with Gasteiger partial charge in [0.05, 0.1) is 12.8 Å². The van der Waals surface area contributed by atoms with Crippen molar-refractivity contribution in [3.05, 3.63) is 72.1 Å². The Labute approximate surface area is 144 Å². The smallest absolute Gasteiger partial charge is 0.314 e. The van der Waals surface area contributed by atoms with E-state index in [1.54, 1.807) is 19.2 Å². The van der Waals surface area contributed by atoms with Gasteiger partial charge in [0.1, 0.15) is 0 Å². The van der Waals surface area contributed by atoms with Crippen LogP contribution in [0.5, 0.6) is 5.75 Å². The third-order valence-electron chi connectivity index (χ3n) is 4.09. The van der Waals surface area contributed by atoms with E-state index in [0.717, 1.165) is 22.3 Å². The fourth-order valence-corrected chi connectivity index (χ4v) is 2.84. The first-order valence-corrected chi connectivity index (χ1v) is 7.90. The number of aryl methyl sites for hydroxylation is 1. The lowest BCUT2D eigenvalue weighted by atomic mass is 10.1. The molecule has 0 saturated carbocycles. The fourth-order valence-electron chi connectivity index (χ4n) is 2.84. The molecule has 2 aromatic heterocycles. The summed E-state index contributed by atoms with van der Waals surface area (Å²) in [6, 6.07) is 18.9. The van der Waals surface area contributed by atoms with Crippen LogP contribution in [0.25, 0.3) is 22.2 Å². The number of nitrogens with zero attached hydrogens (tertiary/aromatic N) is 2. The Morgan fingerprint density at radius 1 is 1.08 bits per heavy atom. The number of furan rings is 1. The summed E-state index contributed by atoms with van der Waals surface area (Å²) in [5.41, 5.74) is 3.02. The molecule has 0 radical (unpaired) electrons. The van der Waals surface area contributed by atoms with E-state index in [0.29, 0.717) is 11.3 Å². The summed E-state index contributed by atoms with van der Waals surface area (Å²) >= 11 is 0. The van der Waals surface area contributed by atoms with Crippen molar-refractivity contribution in [2.75, 3.05) is 7.11 Å². The average molecular weight is 332 g/mol. The molecular weight excluding hydrogens is 316 g/mol. The molecule has 2 heterocycles. The van der Waals surface area contributed by atoms with E-state index in [4.69, 9.17) is 9.15 Å². The molecule has 0 aliphatic carbocycles. The van der Waals surface area contributed by atoms with Gasteiger partial charge in [-0.05, 0) is 25.1 Å². The Hall–Kier alpha value is -3.34. The second-order valence-corrected chi connectivity index (χ2v) is 5.74. The van der Waals surface area contributed by atoms with Gasteiger partial charge in [0.25, 0.3) is 0 Å². The summed E-state index contributed by atoms with van der Waals surface area (Å²) in [5, 5.41) is 5.26. The van der Waals surface area contributed by atoms with Crippen LogP contribution < -0.4 is 4.74 Å². The molecular formula is C20H16N2O3. The standard InChI is InChI=1S/C20H16N2O3/c1-13-11-16(14-7-4-3-5-8-14)21-22(13)20(23)18-12-15-9-6-10-17(24-2)19(15)25-18/h3-12H,1-2H3. The Kier molecular flexibility index (Phi) is 3.61. The number of hydrogen-bond acceptors (Lipinski definition) is 4. The van der Waals surface area contributed by atoms with E-state index in [9.17, 15) is 4.79 Å². The number of aromatic nitrogens is 2. The normalized spacial score (nSPS) is 11.0.